The Morgan fingerprint density at radius 2 is 2.22 bits per heavy atom. The van der Waals surface area contributed by atoms with Crippen LogP contribution in [-0.2, 0) is 11.3 Å². The Kier molecular flexibility index (Phi) is 4.66. The van der Waals surface area contributed by atoms with Crippen LogP contribution in [0.4, 0.5) is 0 Å². The van der Waals surface area contributed by atoms with Crippen molar-refractivity contribution in [1.29, 1.82) is 0 Å². The first-order chi connectivity index (χ1) is 8.79. The van der Waals surface area contributed by atoms with E-state index in [4.69, 9.17) is 0 Å². The molecule has 96 valence electrons. The minimum atomic E-state index is 0.0398. The number of thiazole rings is 1. The lowest BCUT2D eigenvalue weighted by molar-refractivity contribution is -0.120. The minimum absolute atomic E-state index is 0.0398. The van der Waals surface area contributed by atoms with Crippen molar-refractivity contribution in [2.24, 2.45) is 0 Å². The van der Waals surface area contributed by atoms with Crippen molar-refractivity contribution in [1.82, 2.24) is 15.6 Å². The maximum Gasteiger partial charge on any atom is 0.233 e. The highest BCUT2D eigenvalue weighted by atomic mass is 32.1. The van der Waals surface area contributed by atoms with E-state index in [1.54, 1.807) is 11.3 Å². The van der Waals surface area contributed by atoms with Crippen molar-refractivity contribution in [2.75, 3.05) is 13.1 Å². The fourth-order valence-corrected chi connectivity index (χ4v) is 2.54. The molecule has 0 aliphatic rings. The lowest BCUT2D eigenvalue weighted by atomic mass is 10.3. The van der Waals surface area contributed by atoms with E-state index in [1.807, 2.05) is 25.1 Å². The van der Waals surface area contributed by atoms with E-state index in [9.17, 15) is 4.79 Å². The van der Waals surface area contributed by atoms with Crippen LogP contribution in [0, 0.1) is 0 Å². The Morgan fingerprint density at radius 3 is 3.00 bits per heavy atom. The van der Waals surface area contributed by atoms with Gasteiger partial charge in [0.15, 0.2) is 0 Å². The molecule has 1 aromatic heterocycles. The molecule has 2 aromatic rings. The van der Waals surface area contributed by atoms with Gasteiger partial charge in [-0.1, -0.05) is 19.1 Å². The summed E-state index contributed by atoms with van der Waals surface area (Å²) in [5.74, 6) is 0.0398. The van der Waals surface area contributed by atoms with E-state index in [1.165, 1.54) is 4.70 Å². The SMILES string of the molecule is CCCNC(=O)CNCc1nc2ccccc2s1. The van der Waals surface area contributed by atoms with Crippen LogP contribution in [0.2, 0.25) is 0 Å². The van der Waals surface area contributed by atoms with E-state index in [2.05, 4.69) is 21.7 Å². The summed E-state index contributed by atoms with van der Waals surface area (Å²) in [6, 6.07) is 8.06. The number of carbonyl (C=O) groups is 1. The first kappa shape index (κ1) is 13.0. The summed E-state index contributed by atoms with van der Waals surface area (Å²) in [6.07, 6.45) is 0.962. The molecular weight excluding hydrogens is 246 g/mol. The highest BCUT2D eigenvalue weighted by molar-refractivity contribution is 7.18. The van der Waals surface area contributed by atoms with Gasteiger partial charge in [-0.2, -0.15) is 0 Å². The summed E-state index contributed by atoms with van der Waals surface area (Å²) in [7, 11) is 0. The Hall–Kier alpha value is -1.46. The minimum Gasteiger partial charge on any atom is -0.355 e. The van der Waals surface area contributed by atoms with Gasteiger partial charge in [-0.15, -0.1) is 11.3 Å². The number of para-hydroxylation sites is 1. The normalized spacial score (nSPS) is 10.7. The van der Waals surface area contributed by atoms with Gasteiger partial charge in [0.25, 0.3) is 0 Å². The van der Waals surface area contributed by atoms with Crippen LogP contribution in [0.25, 0.3) is 10.2 Å². The Morgan fingerprint density at radius 1 is 1.39 bits per heavy atom. The number of hydrogen-bond acceptors (Lipinski definition) is 4. The van der Waals surface area contributed by atoms with E-state index in [0.29, 0.717) is 13.1 Å². The molecule has 2 N–H and O–H groups in total. The molecule has 1 heterocycles. The molecule has 4 nitrogen and oxygen atoms in total. The van der Waals surface area contributed by atoms with Crippen molar-refractivity contribution in [3.05, 3.63) is 29.3 Å². The second-order valence-electron chi connectivity index (χ2n) is 4.03. The largest absolute Gasteiger partial charge is 0.355 e. The first-order valence-corrected chi connectivity index (χ1v) is 6.93. The molecule has 0 bridgehead atoms. The van der Waals surface area contributed by atoms with Crippen LogP contribution in [0.5, 0.6) is 0 Å². The van der Waals surface area contributed by atoms with Crippen molar-refractivity contribution < 1.29 is 4.79 Å². The van der Waals surface area contributed by atoms with Gasteiger partial charge < -0.3 is 10.6 Å². The second-order valence-corrected chi connectivity index (χ2v) is 5.14. The Bertz CT molecular complexity index is 491. The summed E-state index contributed by atoms with van der Waals surface area (Å²) in [6.45, 7) is 3.76. The van der Waals surface area contributed by atoms with Gasteiger partial charge in [0.05, 0.1) is 16.8 Å². The van der Waals surface area contributed by atoms with Gasteiger partial charge in [-0.25, -0.2) is 4.98 Å². The lowest BCUT2D eigenvalue weighted by Gasteiger charge is -2.03. The first-order valence-electron chi connectivity index (χ1n) is 6.11. The van der Waals surface area contributed by atoms with Gasteiger partial charge in [0.2, 0.25) is 5.91 Å². The molecule has 0 unspecified atom stereocenters. The third kappa shape index (κ3) is 3.51. The quantitative estimate of drug-likeness (QED) is 0.837. The molecule has 1 amide bonds. The maximum atomic E-state index is 11.4. The summed E-state index contributed by atoms with van der Waals surface area (Å²) in [5, 5.41) is 6.95. The van der Waals surface area contributed by atoms with Crippen molar-refractivity contribution in [3.63, 3.8) is 0 Å². The van der Waals surface area contributed by atoms with Gasteiger partial charge >= 0.3 is 0 Å². The Balaban J connectivity index is 1.81. The zero-order valence-electron chi connectivity index (χ0n) is 10.4. The van der Waals surface area contributed by atoms with Crippen LogP contribution in [0.15, 0.2) is 24.3 Å². The molecule has 18 heavy (non-hydrogen) atoms. The maximum absolute atomic E-state index is 11.4. The van der Waals surface area contributed by atoms with Crippen molar-refractivity contribution >= 4 is 27.5 Å². The molecule has 0 saturated heterocycles. The Labute approximate surface area is 110 Å². The number of hydrogen-bond donors (Lipinski definition) is 2. The molecule has 0 aliphatic heterocycles. The van der Waals surface area contributed by atoms with E-state index in [-0.39, 0.29) is 5.91 Å². The van der Waals surface area contributed by atoms with Gasteiger partial charge in [0, 0.05) is 13.1 Å². The van der Waals surface area contributed by atoms with Crippen LogP contribution < -0.4 is 10.6 Å². The predicted molar refractivity (Wildman–Crippen MR) is 74.6 cm³/mol. The molecule has 0 radical (unpaired) electrons. The molecule has 0 aliphatic carbocycles. The molecule has 5 heteroatoms. The van der Waals surface area contributed by atoms with Crippen molar-refractivity contribution in [3.8, 4) is 0 Å². The summed E-state index contributed by atoms with van der Waals surface area (Å²) >= 11 is 1.66. The van der Waals surface area contributed by atoms with Crippen LogP contribution in [0.3, 0.4) is 0 Å². The van der Waals surface area contributed by atoms with E-state index >= 15 is 0 Å². The fraction of sp³-hybridized carbons (Fsp3) is 0.385. The van der Waals surface area contributed by atoms with Gasteiger partial charge in [-0.3, -0.25) is 4.79 Å². The number of fused-ring (bicyclic) bond motifs is 1. The number of nitrogens with zero attached hydrogens (tertiary/aromatic N) is 1. The number of nitrogens with one attached hydrogen (secondary N) is 2. The van der Waals surface area contributed by atoms with Gasteiger partial charge in [0.1, 0.15) is 5.01 Å². The lowest BCUT2D eigenvalue weighted by Crippen LogP contribution is -2.33. The molecule has 0 spiro atoms. The summed E-state index contributed by atoms with van der Waals surface area (Å²) in [4.78, 5) is 15.9. The molecule has 0 fully saturated rings. The average Bonchev–Trinajstić information content (AvgIpc) is 2.79. The molecule has 0 saturated carbocycles. The topological polar surface area (TPSA) is 54.0 Å². The standard InChI is InChI=1S/C13H17N3OS/c1-2-7-15-12(17)8-14-9-13-16-10-5-3-4-6-11(10)18-13/h3-6,14H,2,7-9H2,1H3,(H,15,17). The summed E-state index contributed by atoms with van der Waals surface area (Å²) < 4.78 is 1.18. The number of aromatic nitrogens is 1. The van der Waals surface area contributed by atoms with Crippen LogP contribution >= 0.6 is 11.3 Å². The zero-order chi connectivity index (χ0) is 12.8. The number of rotatable bonds is 6. The fourth-order valence-electron chi connectivity index (χ4n) is 1.61. The number of amides is 1. The van der Waals surface area contributed by atoms with E-state index in [0.717, 1.165) is 23.5 Å². The third-order valence-electron chi connectivity index (χ3n) is 2.47. The van der Waals surface area contributed by atoms with Crippen molar-refractivity contribution in [2.45, 2.75) is 19.9 Å². The highest BCUT2D eigenvalue weighted by Crippen LogP contribution is 2.20. The molecule has 1 aromatic carbocycles. The number of carbonyl (C=O) groups excluding carboxylic acids is 1. The average molecular weight is 263 g/mol. The van der Waals surface area contributed by atoms with Crippen LogP contribution in [0.1, 0.15) is 18.4 Å². The van der Waals surface area contributed by atoms with E-state index < -0.39 is 0 Å². The highest BCUT2D eigenvalue weighted by Gasteiger charge is 2.04. The summed E-state index contributed by atoms with van der Waals surface area (Å²) in [5.41, 5.74) is 1.02. The van der Waals surface area contributed by atoms with Crippen LogP contribution in [-0.4, -0.2) is 24.0 Å². The zero-order valence-corrected chi connectivity index (χ0v) is 11.2. The molecular formula is C13H17N3OS. The molecule has 2 rings (SSSR count). The third-order valence-corrected chi connectivity index (χ3v) is 3.51. The smallest absolute Gasteiger partial charge is 0.233 e. The second kappa shape index (κ2) is 6.47. The monoisotopic (exact) mass is 263 g/mol. The van der Waals surface area contributed by atoms with Gasteiger partial charge in [-0.05, 0) is 18.6 Å². The number of benzene rings is 1. The molecule has 0 atom stereocenters. The predicted octanol–water partition coefficient (Wildman–Crippen LogP) is 1.91.